The summed E-state index contributed by atoms with van der Waals surface area (Å²) in [4.78, 5) is 8.86. The number of hydrogen-bond donors (Lipinski definition) is 4. The number of unbranched alkanes of at least 4 members (excludes halogenated alkanes) is 1. The summed E-state index contributed by atoms with van der Waals surface area (Å²) in [7, 11) is 1.64. The van der Waals surface area contributed by atoms with Gasteiger partial charge in [0.15, 0.2) is 0 Å². The molecule has 0 atom stereocenters. The number of nitrogens with zero attached hydrogens (tertiary/aromatic N) is 3. The van der Waals surface area contributed by atoms with Gasteiger partial charge in [0, 0.05) is 24.9 Å². The molecule has 0 unspecified atom stereocenters. The van der Waals surface area contributed by atoms with Crippen molar-refractivity contribution >= 4 is 17.6 Å². The Morgan fingerprint density at radius 3 is 2.71 bits per heavy atom. The summed E-state index contributed by atoms with van der Waals surface area (Å²) in [5.74, 6) is 1.81. The first kappa shape index (κ1) is 21.3. The number of benzene rings is 1. The predicted molar refractivity (Wildman–Crippen MR) is 112 cm³/mol. The molecule has 0 radical (unpaired) electrons. The monoisotopic (exact) mass is 383 g/mol. The lowest BCUT2D eigenvalue weighted by atomic mass is 9.98. The van der Waals surface area contributed by atoms with Crippen LogP contribution >= 0.6 is 0 Å². The number of hydrogen-bond acceptors (Lipinski definition) is 7. The van der Waals surface area contributed by atoms with Crippen molar-refractivity contribution in [1.82, 2.24) is 9.97 Å². The smallest absolute Gasteiger partial charge is 0.222 e. The minimum atomic E-state index is 0.0168. The molecule has 0 saturated heterocycles. The molecule has 0 spiro atoms. The van der Waals surface area contributed by atoms with Gasteiger partial charge in [-0.2, -0.15) is 4.98 Å². The van der Waals surface area contributed by atoms with Gasteiger partial charge in [-0.3, -0.25) is 5.41 Å². The van der Waals surface area contributed by atoms with E-state index in [9.17, 15) is 0 Å². The minimum Gasteiger partial charge on any atom is -0.496 e. The Bertz CT molecular complexity index is 836. The van der Waals surface area contributed by atoms with Crippen LogP contribution in [0.1, 0.15) is 49.1 Å². The van der Waals surface area contributed by atoms with Crippen molar-refractivity contribution in [3.05, 3.63) is 40.6 Å². The van der Waals surface area contributed by atoms with Gasteiger partial charge in [0.25, 0.3) is 0 Å². The normalized spacial score (nSPS) is 10.5. The number of aromatic nitrogens is 2. The summed E-state index contributed by atoms with van der Waals surface area (Å²) >= 11 is 0. The van der Waals surface area contributed by atoms with Crippen molar-refractivity contribution in [3.8, 4) is 5.75 Å². The molecule has 2 rings (SSSR count). The quantitative estimate of drug-likeness (QED) is 0.213. The lowest BCUT2D eigenvalue weighted by molar-refractivity contribution is 0.410. The fourth-order valence-corrected chi connectivity index (χ4v) is 3.06. The number of ether oxygens (including phenoxy) is 1. The van der Waals surface area contributed by atoms with E-state index in [4.69, 9.17) is 21.4 Å². The number of aryl methyl sites for hydroxylation is 1. The Balaban J connectivity index is 2.43. The second-order valence-electron chi connectivity index (χ2n) is 6.55. The number of nitrogens with one attached hydrogen (secondary N) is 3. The highest BCUT2D eigenvalue weighted by molar-refractivity contribution is 5.81. The third kappa shape index (κ3) is 5.48. The number of rotatable bonds is 10. The average molecular weight is 384 g/mol. The summed E-state index contributed by atoms with van der Waals surface area (Å²) in [5, 5.41) is 14.2. The lowest BCUT2D eigenvalue weighted by Crippen LogP contribution is -2.13. The number of amidine groups is 1. The molecule has 28 heavy (non-hydrogen) atoms. The molecule has 0 fully saturated rings. The first-order chi connectivity index (χ1) is 13.5. The summed E-state index contributed by atoms with van der Waals surface area (Å²) < 4.78 is 5.54. The summed E-state index contributed by atoms with van der Waals surface area (Å²) in [6, 6.07) is 5.77. The molecule has 0 bridgehead atoms. The maximum atomic E-state index is 7.65. The molecule has 1 heterocycles. The van der Waals surface area contributed by atoms with Crippen LogP contribution in [0.25, 0.3) is 0 Å². The van der Waals surface area contributed by atoms with Crippen molar-refractivity contribution in [2.75, 3.05) is 24.7 Å². The molecule has 0 saturated carbocycles. The number of anilines is 2. The van der Waals surface area contributed by atoms with Crippen molar-refractivity contribution in [3.63, 3.8) is 0 Å². The number of nitrogen functional groups attached to an aromatic ring is 1. The van der Waals surface area contributed by atoms with Crippen molar-refractivity contribution in [1.29, 1.82) is 10.9 Å². The predicted octanol–water partition coefficient (Wildman–Crippen LogP) is 3.98. The Kier molecular flexibility index (Phi) is 7.86. The van der Waals surface area contributed by atoms with E-state index in [1.807, 2.05) is 25.1 Å². The van der Waals surface area contributed by atoms with E-state index in [1.165, 1.54) is 0 Å². The van der Waals surface area contributed by atoms with Gasteiger partial charge in [0.2, 0.25) is 5.95 Å². The average Bonchev–Trinajstić information content (AvgIpc) is 2.69. The van der Waals surface area contributed by atoms with Gasteiger partial charge in [0.1, 0.15) is 17.4 Å². The lowest BCUT2D eigenvalue weighted by Gasteiger charge is -2.17. The molecule has 0 aliphatic carbocycles. The fourth-order valence-electron chi connectivity index (χ4n) is 3.06. The van der Waals surface area contributed by atoms with E-state index < -0.39 is 0 Å². The van der Waals surface area contributed by atoms with Gasteiger partial charge < -0.3 is 15.8 Å². The number of methoxy groups -OCH3 is 1. The zero-order chi connectivity index (χ0) is 20.5. The zero-order valence-corrected chi connectivity index (χ0v) is 16.8. The molecular weight excluding hydrogens is 354 g/mol. The zero-order valence-electron chi connectivity index (χ0n) is 16.8. The Morgan fingerprint density at radius 1 is 1.29 bits per heavy atom. The number of nitrogens with two attached hydrogens (primary N) is 1. The van der Waals surface area contributed by atoms with E-state index in [-0.39, 0.29) is 11.8 Å². The van der Waals surface area contributed by atoms with Gasteiger partial charge >= 0.3 is 0 Å². The van der Waals surface area contributed by atoms with E-state index >= 15 is 0 Å². The van der Waals surface area contributed by atoms with Crippen LogP contribution in [0.5, 0.6) is 5.75 Å². The van der Waals surface area contributed by atoms with Crippen LogP contribution in [0.15, 0.2) is 23.3 Å². The molecule has 0 aliphatic heterocycles. The largest absolute Gasteiger partial charge is 0.496 e. The fraction of sp³-hybridized carbons (Fsp3) is 0.450. The second-order valence-corrected chi connectivity index (χ2v) is 6.55. The van der Waals surface area contributed by atoms with Crippen LogP contribution in [-0.4, -0.2) is 29.5 Å². The molecule has 0 aliphatic rings. The van der Waals surface area contributed by atoms with Crippen LogP contribution < -0.4 is 15.8 Å². The molecule has 5 N–H and O–H groups in total. The minimum absolute atomic E-state index is 0.0168. The molecule has 1 aromatic heterocycles. The highest BCUT2D eigenvalue weighted by atomic mass is 16.5. The van der Waals surface area contributed by atoms with Gasteiger partial charge in [-0.15, -0.1) is 5.11 Å². The molecule has 0 amide bonds. The SMILES string of the molecule is CCCCNc1nc(N)nc(CC)c1Cc1cc(CC(=N)N=N)ccc1OC. The molecule has 8 heteroatoms. The first-order valence-corrected chi connectivity index (χ1v) is 9.52. The first-order valence-electron chi connectivity index (χ1n) is 9.52. The van der Waals surface area contributed by atoms with Gasteiger partial charge in [-0.1, -0.05) is 32.4 Å². The van der Waals surface area contributed by atoms with Gasteiger partial charge in [-0.05, 0) is 30.0 Å². The van der Waals surface area contributed by atoms with Gasteiger partial charge in [0.05, 0.1) is 12.8 Å². The third-order valence-corrected chi connectivity index (χ3v) is 4.49. The molecule has 1 aromatic carbocycles. The molecule has 2 aromatic rings. The Hall–Kier alpha value is -3.03. The van der Waals surface area contributed by atoms with Crippen LogP contribution in [0.3, 0.4) is 0 Å². The second kappa shape index (κ2) is 10.3. The molecule has 150 valence electrons. The van der Waals surface area contributed by atoms with Crippen molar-refractivity contribution < 1.29 is 4.74 Å². The van der Waals surface area contributed by atoms with Gasteiger partial charge in [-0.25, -0.2) is 10.5 Å². The van der Waals surface area contributed by atoms with Crippen LogP contribution in [-0.2, 0) is 19.3 Å². The van der Waals surface area contributed by atoms with Crippen LogP contribution in [0.4, 0.5) is 11.8 Å². The maximum absolute atomic E-state index is 7.65. The highest BCUT2D eigenvalue weighted by Gasteiger charge is 2.16. The summed E-state index contributed by atoms with van der Waals surface area (Å²) in [6.07, 6.45) is 3.77. The topological polar surface area (TPSA) is 133 Å². The summed E-state index contributed by atoms with van der Waals surface area (Å²) in [6.45, 7) is 5.01. The van der Waals surface area contributed by atoms with Crippen molar-refractivity contribution in [2.24, 2.45) is 5.11 Å². The van der Waals surface area contributed by atoms with E-state index in [0.717, 1.165) is 59.8 Å². The maximum Gasteiger partial charge on any atom is 0.222 e. The van der Waals surface area contributed by atoms with E-state index in [2.05, 4.69) is 27.3 Å². The Labute approximate surface area is 166 Å². The standard InChI is InChI=1S/C20H29N7O/c1-4-6-9-24-19-15(16(5-2)25-20(22)26-19)12-14-10-13(11-18(21)27-23)7-8-17(14)28-3/h7-8,10,21,23H,4-6,9,11-12H2,1-3H3,(H3,22,24,25,26). The molecular formula is C20H29N7O. The summed E-state index contributed by atoms with van der Waals surface area (Å²) in [5.41, 5.74) is 16.7. The third-order valence-electron chi connectivity index (χ3n) is 4.49. The van der Waals surface area contributed by atoms with E-state index in [1.54, 1.807) is 7.11 Å². The Morgan fingerprint density at radius 2 is 2.07 bits per heavy atom. The van der Waals surface area contributed by atoms with Crippen LogP contribution in [0, 0.1) is 10.9 Å². The van der Waals surface area contributed by atoms with E-state index in [0.29, 0.717) is 12.8 Å². The van der Waals surface area contributed by atoms with Crippen molar-refractivity contribution in [2.45, 2.75) is 46.0 Å². The molecule has 8 nitrogen and oxygen atoms in total. The van der Waals surface area contributed by atoms with Crippen LogP contribution in [0.2, 0.25) is 0 Å². The highest BCUT2D eigenvalue weighted by Crippen LogP contribution is 2.28.